The van der Waals surface area contributed by atoms with Crippen molar-refractivity contribution in [2.75, 3.05) is 54.0 Å². The number of aromatic hydroxyl groups is 2. The molecule has 9 heteroatoms. The van der Waals surface area contributed by atoms with E-state index in [-0.39, 0.29) is 29.8 Å². The Morgan fingerprint density at radius 3 is 1.98 bits per heavy atom. The predicted octanol–water partition coefficient (Wildman–Crippen LogP) is 9.79. The molecule has 0 spiro atoms. The first kappa shape index (κ1) is 42.9. The van der Waals surface area contributed by atoms with E-state index in [0.29, 0.717) is 6.54 Å². The van der Waals surface area contributed by atoms with Gasteiger partial charge in [-0.2, -0.15) is 0 Å². The fourth-order valence-electron chi connectivity index (χ4n) is 8.49. The number of hydrogen-bond donors (Lipinski definition) is 3. The molecule has 302 valence electrons. The van der Waals surface area contributed by atoms with Gasteiger partial charge < -0.3 is 34.3 Å². The number of aryl methyl sites for hydroxylation is 1. The van der Waals surface area contributed by atoms with Crippen LogP contribution < -0.4 is 9.47 Å². The molecule has 0 radical (unpaired) electrons. The average Bonchev–Trinajstić information content (AvgIpc) is 3.31. The Hall–Kier alpha value is -4.21. The van der Waals surface area contributed by atoms with Gasteiger partial charge in [-0.25, -0.2) is 0 Å². The number of phenolic OH excluding ortho intramolecular Hbond substituents is 2. The molecule has 7 rings (SSSR count). The topological polar surface area (TPSA) is 90.6 Å². The number of methoxy groups -OCH3 is 1. The molecule has 0 amide bonds. The van der Waals surface area contributed by atoms with E-state index in [1.54, 1.807) is 25.3 Å². The maximum absolute atomic E-state index is 11.1. The number of nitrogens with zero attached hydrogens (tertiary/aromatic N) is 3. The molecule has 1 aliphatic carbocycles. The van der Waals surface area contributed by atoms with Crippen LogP contribution in [0.1, 0.15) is 80.4 Å². The zero-order chi connectivity index (χ0) is 38.8. The first-order valence-corrected chi connectivity index (χ1v) is 20.2. The highest BCUT2D eigenvalue weighted by molar-refractivity contribution is 5.92. The minimum Gasteiger partial charge on any atom is -0.508 e. The molecule has 0 bridgehead atoms. The Morgan fingerprint density at radius 1 is 0.750 bits per heavy atom. The normalized spacial score (nSPS) is 16.3. The second kappa shape index (κ2) is 20.3. The zero-order valence-electron chi connectivity index (χ0n) is 33.8. The third kappa shape index (κ3) is 11.0. The summed E-state index contributed by atoms with van der Waals surface area (Å²) in [5.41, 5.74) is 6.12. The van der Waals surface area contributed by atoms with Crippen molar-refractivity contribution in [3.63, 3.8) is 0 Å². The van der Waals surface area contributed by atoms with Crippen molar-refractivity contribution in [2.24, 2.45) is 0 Å². The summed E-state index contributed by atoms with van der Waals surface area (Å²) >= 11 is 0. The molecule has 2 fully saturated rings. The summed E-state index contributed by atoms with van der Waals surface area (Å²) in [6.45, 7) is 7.74. The number of likely N-dealkylation sites (tertiary alicyclic amines) is 1. The molecule has 56 heavy (non-hydrogen) atoms. The second-order valence-corrected chi connectivity index (χ2v) is 15.8. The number of aromatic nitrogens is 1. The third-order valence-electron chi connectivity index (χ3n) is 11.5. The van der Waals surface area contributed by atoms with Gasteiger partial charge in [-0.1, -0.05) is 56.4 Å². The highest BCUT2D eigenvalue weighted by atomic mass is 35.5. The van der Waals surface area contributed by atoms with Crippen molar-refractivity contribution in [3.05, 3.63) is 108 Å². The van der Waals surface area contributed by atoms with Crippen molar-refractivity contribution >= 4 is 23.3 Å². The summed E-state index contributed by atoms with van der Waals surface area (Å²) in [6, 6.07) is 29.4. The first-order valence-electron chi connectivity index (χ1n) is 20.2. The number of likely N-dealkylation sites (N-methyl/N-ethyl adjacent to an activating group) is 1. The molecule has 3 N–H and O–H groups in total. The lowest BCUT2D eigenvalue weighted by atomic mass is 9.72. The molecule has 8 nitrogen and oxygen atoms in total. The Labute approximate surface area is 340 Å². The largest absolute Gasteiger partial charge is 0.508 e. The standard InChI is InChI=1S/C30H34N2O3.C17H27NO2.ClH/c1-22-28-20-26(34)12-15-29(28)32(30(22)24-8-10-25(33)11-9-24)21-23-6-13-27(14-7-23)35-19-18-31-16-4-2-3-5-17-31;1-18(2)13-16(17(19)11-5-4-6-12-17)14-7-9-15(20-3)10-8-14;/h6-15,20,33-34H,2-5,16-19,21H2,1H3;7-10,16,19H,4-6,11-13H2,1-3H3;1H. The summed E-state index contributed by atoms with van der Waals surface area (Å²) in [7, 11) is 5.83. The van der Waals surface area contributed by atoms with E-state index in [9.17, 15) is 15.3 Å². The van der Waals surface area contributed by atoms with Crippen LogP contribution in [0, 0.1) is 6.92 Å². The smallest absolute Gasteiger partial charge is 0.119 e. The monoisotopic (exact) mass is 783 g/mol. The van der Waals surface area contributed by atoms with Gasteiger partial charge in [-0.3, -0.25) is 4.90 Å². The third-order valence-corrected chi connectivity index (χ3v) is 11.5. The minimum absolute atomic E-state index is 0. The second-order valence-electron chi connectivity index (χ2n) is 15.8. The predicted molar refractivity (Wildman–Crippen MR) is 231 cm³/mol. The van der Waals surface area contributed by atoms with Gasteiger partial charge in [0.15, 0.2) is 0 Å². The Balaban J connectivity index is 0.000000244. The first-order chi connectivity index (χ1) is 26.6. The molecule has 5 aromatic rings. The van der Waals surface area contributed by atoms with Gasteiger partial charge >= 0.3 is 0 Å². The molecule has 2 aliphatic rings. The lowest BCUT2D eigenvalue weighted by Crippen LogP contribution is -2.42. The number of ether oxygens (including phenoxy) is 2. The van der Waals surface area contributed by atoms with Crippen LogP contribution in [0.15, 0.2) is 91.0 Å². The molecule has 2 heterocycles. The molecule has 1 saturated heterocycles. The highest BCUT2D eigenvalue weighted by Crippen LogP contribution is 2.41. The molecule has 1 unspecified atom stereocenters. The van der Waals surface area contributed by atoms with Crippen LogP contribution in [0.2, 0.25) is 0 Å². The summed E-state index contributed by atoms with van der Waals surface area (Å²) in [5, 5.41) is 32.0. The van der Waals surface area contributed by atoms with Crippen LogP contribution in [-0.2, 0) is 6.54 Å². The van der Waals surface area contributed by atoms with Gasteiger partial charge in [0.25, 0.3) is 0 Å². The molecule has 1 aromatic heterocycles. The van der Waals surface area contributed by atoms with Crippen molar-refractivity contribution in [3.8, 4) is 34.3 Å². The average molecular weight is 784 g/mol. The Kier molecular flexibility index (Phi) is 15.5. The molecule has 1 aliphatic heterocycles. The van der Waals surface area contributed by atoms with Crippen molar-refractivity contribution in [2.45, 2.75) is 82.8 Å². The van der Waals surface area contributed by atoms with Crippen LogP contribution in [0.3, 0.4) is 0 Å². The lowest BCUT2D eigenvalue weighted by molar-refractivity contribution is -0.0277. The Bertz CT molecular complexity index is 1930. The number of phenols is 2. The quantitative estimate of drug-likeness (QED) is 0.116. The molecule has 1 atom stereocenters. The fraction of sp³-hybridized carbons (Fsp3) is 0.447. The zero-order valence-corrected chi connectivity index (χ0v) is 34.6. The molecule has 1 saturated carbocycles. The lowest BCUT2D eigenvalue weighted by Gasteiger charge is -2.40. The van der Waals surface area contributed by atoms with E-state index < -0.39 is 5.60 Å². The van der Waals surface area contributed by atoms with Gasteiger partial charge in [0.2, 0.25) is 0 Å². The summed E-state index contributed by atoms with van der Waals surface area (Å²) in [5.74, 6) is 2.45. The maximum Gasteiger partial charge on any atom is 0.119 e. The number of fused-ring (bicyclic) bond motifs is 1. The van der Waals surface area contributed by atoms with Gasteiger partial charge in [-0.15, -0.1) is 12.4 Å². The minimum atomic E-state index is -0.558. The number of hydrogen-bond acceptors (Lipinski definition) is 7. The van der Waals surface area contributed by atoms with Gasteiger partial charge in [0, 0.05) is 36.5 Å². The Morgan fingerprint density at radius 2 is 1.36 bits per heavy atom. The van der Waals surface area contributed by atoms with E-state index in [2.05, 4.69) is 71.8 Å². The van der Waals surface area contributed by atoms with Gasteiger partial charge in [-0.05, 0) is 149 Å². The van der Waals surface area contributed by atoms with Crippen LogP contribution in [0.4, 0.5) is 0 Å². The number of rotatable bonds is 12. The van der Waals surface area contributed by atoms with Crippen molar-refractivity contribution in [1.29, 1.82) is 0 Å². The summed E-state index contributed by atoms with van der Waals surface area (Å²) < 4.78 is 13.6. The number of halogens is 1. The van der Waals surface area contributed by atoms with Gasteiger partial charge in [0.05, 0.1) is 18.4 Å². The maximum atomic E-state index is 11.1. The van der Waals surface area contributed by atoms with Crippen LogP contribution >= 0.6 is 12.4 Å². The SMILES string of the molecule is COc1ccc(C(CN(C)C)C2(O)CCCCC2)cc1.Cc1c(-c2ccc(O)cc2)n(Cc2ccc(OCCN3CCCCCC3)cc2)c2ccc(O)cc12.Cl. The van der Waals surface area contributed by atoms with Crippen molar-refractivity contribution in [1.82, 2.24) is 14.4 Å². The van der Waals surface area contributed by atoms with E-state index in [1.807, 2.05) is 36.4 Å². The van der Waals surface area contributed by atoms with E-state index in [0.717, 1.165) is 84.6 Å². The summed E-state index contributed by atoms with van der Waals surface area (Å²) in [6.07, 6.45) is 10.7. The number of benzene rings is 4. The van der Waals surface area contributed by atoms with Crippen LogP contribution in [0.25, 0.3) is 22.2 Å². The molecule has 4 aromatic carbocycles. The molecular weight excluding hydrogens is 722 g/mol. The van der Waals surface area contributed by atoms with Gasteiger partial charge in [0.1, 0.15) is 29.6 Å². The van der Waals surface area contributed by atoms with Crippen molar-refractivity contribution < 1.29 is 24.8 Å². The molecular formula is C47H62ClN3O5. The number of aliphatic hydroxyl groups is 1. The van der Waals surface area contributed by atoms with Crippen LogP contribution in [0.5, 0.6) is 23.0 Å². The highest BCUT2D eigenvalue weighted by Gasteiger charge is 2.38. The van der Waals surface area contributed by atoms with Crippen LogP contribution in [-0.4, -0.2) is 89.3 Å². The van der Waals surface area contributed by atoms with E-state index in [4.69, 9.17) is 9.47 Å². The van der Waals surface area contributed by atoms with E-state index in [1.165, 1.54) is 56.3 Å². The summed E-state index contributed by atoms with van der Waals surface area (Å²) in [4.78, 5) is 4.69. The van der Waals surface area contributed by atoms with E-state index >= 15 is 0 Å². The fourth-order valence-corrected chi connectivity index (χ4v) is 8.49.